The number of hydrogen-bond donors (Lipinski definition) is 0. The van der Waals surface area contributed by atoms with E-state index < -0.39 is 20.1 Å². The molecule has 0 saturated heterocycles. The Morgan fingerprint density at radius 2 is 2.00 bits per heavy atom. The van der Waals surface area contributed by atoms with E-state index in [4.69, 9.17) is 9.16 Å². The molecular weight excluding hydrogens is 291 g/mol. The number of hydrogen-bond acceptors (Lipinski definition) is 4. The molecule has 0 fully saturated rings. The van der Waals surface area contributed by atoms with Gasteiger partial charge in [-0.3, -0.25) is 0 Å². The molecule has 1 rings (SSSR count). The molecule has 0 radical (unpaired) electrons. The van der Waals surface area contributed by atoms with Gasteiger partial charge >= 0.3 is 5.97 Å². The summed E-state index contributed by atoms with van der Waals surface area (Å²) in [5.41, 5.74) is 0. The summed E-state index contributed by atoms with van der Waals surface area (Å²) >= 11 is 0. The summed E-state index contributed by atoms with van der Waals surface area (Å²) in [5.74, 6) is -0.314. The van der Waals surface area contributed by atoms with E-state index in [1.54, 1.807) is 24.3 Å². The number of methoxy groups -OCH3 is 1. The van der Waals surface area contributed by atoms with Gasteiger partial charge < -0.3 is 13.9 Å². The molecule has 0 saturated carbocycles. The van der Waals surface area contributed by atoms with Gasteiger partial charge in [0.25, 0.3) is 8.32 Å². The Bertz CT molecular complexity index is 465. The smallest absolute Gasteiger partial charge is 0.343 e. The van der Waals surface area contributed by atoms with Crippen molar-refractivity contribution in [3.8, 4) is 11.5 Å². The van der Waals surface area contributed by atoms with Crippen LogP contribution >= 0.6 is 0 Å². The molecule has 21 heavy (non-hydrogen) atoms. The minimum atomic E-state index is -2.46. The van der Waals surface area contributed by atoms with Crippen molar-refractivity contribution in [3.05, 3.63) is 24.3 Å². The lowest BCUT2D eigenvalue weighted by Crippen LogP contribution is -2.45. The molecule has 0 amide bonds. The van der Waals surface area contributed by atoms with Gasteiger partial charge in [0.2, 0.25) is 0 Å². The summed E-state index contributed by atoms with van der Waals surface area (Å²) in [6, 6.07) is 6.89. The zero-order chi connectivity index (χ0) is 15.9. The van der Waals surface area contributed by atoms with Gasteiger partial charge in [-0.25, -0.2) is 9.18 Å². The van der Waals surface area contributed by atoms with Crippen molar-refractivity contribution >= 4 is 14.3 Å². The Hall–Kier alpha value is -1.56. The average Bonchev–Trinajstić information content (AvgIpc) is 2.45. The molecule has 0 aliphatic heterocycles. The van der Waals surface area contributed by atoms with Crippen LogP contribution in [0.25, 0.3) is 0 Å². The topological polar surface area (TPSA) is 44.8 Å². The monoisotopic (exact) mass is 314 g/mol. The molecule has 1 atom stereocenters. The van der Waals surface area contributed by atoms with Crippen LogP contribution in [-0.4, -0.2) is 33.8 Å². The van der Waals surface area contributed by atoms with Crippen molar-refractivity contribution in [2.24, 2.45) is 0 Å². The van der Waals surface area contributed by atoms with Crippen molar-refractivity contribution < 1.29 is 23.1 Å². The molecule has 1 aromatic rings. The first-order chi connectivity index (χ1) is 9.89. The second-order valence-electron chi connectivity index (χ2n) is 5.30. The third kappa shape index (κ3) is 5.75. The Morgan fingerprint density at radius 1 is 1.33 bits per heavy atom. The van der Waals surface area contributed by atoms with Gasteiger partial charge in [-0.15, -0.1) is 0 Å². The largest absolute Gasteiger partial charge is 0.541 e. The van der Waals surface area contributed by atoms with E-state index in [2.05, 4.69) is 4.74 Å². The predicted molar refractivity (Wildman–Crippen MR) is 81.9 cm³/mol. The summed E-state index contributed by atoms with van der Waals surface area (Å²) in [7, 11) is -1.16. The van der Waals surface area contributed by atoms with Crippen LogP contribution in [0.5, 0.6) is 11.5 Å². The predicted octanol–water partition coefficient (Wildman–Crippen LogP) is 3.50. The van der Waals surface area contributed by atoms with E-state index in [-0.39, 0.29) is 6.61 Å². The van der Waals surface area contributed by atoms with Crippen molar-refractivity contribution in [2.75, 3.05) is 13.7 Å². The highest BCUT2D eigenvalue weighted by atomic mass is 28.4. The zero-order valence-corrected chi connectivity index (χ0v) is 14.0. The lowest BCUT2D eigenvalue weighted by molar-refractivity contribution is -0.142. The van der Waals surface area contributed by atoms with Crippen LogP contribution in [0.4, 0.5) is 4.39 Å². The first-order valence-electron chi connectivity index (χ1n) is 7.01. The van der Waals surface area contributed by atoms with Crippen LogP contribution in [0.1, 0.15) is 19.8 Å². The number of esters is 1. The maximum Gasteiger partial charge on any atom is 0.343 e. The highest BCUT2D eigenvalue weighted by molar-refractivity contribution is 6.73. The molecular formula is C15H23FO4Si. The summed E-state index contributed by atoms with van der Waals surface area (Å²) in [5, 5.41) is 0. The van der Waals surface area contributed by atoms with E-state index in [1.165, 1.54) is 7.11 Å². The number of benzene rings is 1. The number of carbonyl (C=O) groups is 1. The molecule has 0 aromatic heterocycles. The molecule has 1 unspecified atom stereocenters. The normalized spacial score (nSPS) is 12.6. The lowest BCUT2D eigenvalue weighted by Gasteiger charge is -2.27. The quantitative estimate of drug-likeness (QED) is 0.544. The fraction of sp³-hybridized carbons (Fsp3) is 0.533. The SMILES string of the molecule is CCCC(F)[Si](C)(C)Oc1cccc(OCC(=O)OC)c1. The molecule has 1 aromatic carbocycles. The van der Waals surface area contributed by atoms with Crippen LogP contribution in [0.2, 0.25) is 13.1 Å². The van der Waals surface area contributed by atoms with Crippen LogP contribution < -0.4 is 9.16 Å². The standard InChI is InChI=1S/C15H23FO4Si/c1-5-7-14(16)21(3,4)20-13-9-6-8-12(10-13)19-11-15(17)18-2/h6,8-10,14H,5,7,11H2,1-4H3. The highest BCUT2D eigenvalue weighted by Gasteiger charge is 2.35. The van der Waals surface area contributed by atoms with Crippen LogP contribution in [0.15, 0.2) is 24.3 Å². The van der Waals surface area contributed by atoms with Gasteiger partial charge in [0.05, 0.1) is 7.11 Å². The maximum atomic E-state index is 14.1. The fourth-order valence-electron chi connectivity index (χ4n) is 1.80. The number of carbonyl (C=O) groups excluding carboxylic acids is 1. The summed E-state index contributed by atoms with van der Waals surface area (Å²) < 4.78 is 29.8. The van der Waals surface area contributed by atoms with E-state index in [0.29, 0.717) is 17.9 Å². The second kappa shape index (κ2) is 8.02. The van der Waals surface area contributed by atoms with Gasteiger partial charge in [-0.1, -0.05) is 19.4 Å². The molecule has 0 spiro atoms. The number of alkyl halides is 1. The van der Waals surface area contributed by atoms with Gasteiger partial charge in [-0.05, 0) is 31.6 Å². The van der Waals surface area contributed by atoms with Crippen molar-refractivity contribution in [3.63, 3.8) is 0 Å². The molecule has 0 bridgehead atoms. The summed E-state index contributed by atoms with van der Waals surface area (Å²) in [4.78, 5) is 11.0. The van der Waals surface area contributed by atoms with E-state index in [0.717, 1.165) is 6.42 Å². The molecule has 0 heterocycles. The number of halogens is 1. The number of ether oxygens (including phenoxy) is 2. The minimum Gasteiger partial charge on any atom is -0.541 e. The second-order valence-corrected chi connectivity index (χ2v) is 9.34. The van der Waals surface area contributed by atoms with E-state index in [1.807, 2.05) is 20.0 Å². The Balaban J connectivity index is 2.69. The van der Waals surface area contributed by atoms with Crippen molar-refractivity contribution in [2.45, 2.75) is 38.7 Å². The summed E-state index contributed by atoms with van der Waals surface area (Å²) in [6.45, 7) is 5.51. The zero-order valence-electron chi connectivity index (χ0n) is 13.0. The minimum absolute atomic E-state index is 0.164. The van der Waals surface area contributed by atoms with Crippen LogP contribution in [0.3, 0.4) is 0 Å². The van der Waals surface area contributed by atoms with Gasteiger partial charge in [-0.2, -0.15) is 0 Å². The lowest BCUT2D eigenvalue weighted by atomic mass is 10.3. The van der Waals surface area contributed by atoms with Gasteiger partial charge in [0.1, 0.15) is 17.3 Å². The van der Waals surface area contributed by atoms with Crippen LogP contribution in [-0.2, 0) is 9.53 Å². The van der Waals surface area contributed by atoms with Gasteiger partial charge in [0.15, 0.2) is 6.61 Å². The molecule has 4 nitrogen and oxygen atoms in total. The Kier molecular flexibility index (Phi) is 6.68. The number of rotatable bonds is 8. The molecule has 0 N–H and O–H groups in total. The third-order valence-corrected chi connectivity index (χ3v) is 5.63. The molecule has 118 valence electrons. The van der Waals surface area contributed by atoms with E-state index >= 15 is 0 Å². The fourth-order valence-corrected chi connectivity index (χ4v) is 3.64. The first kappa shape index (κ1) is 17.5. The molecule has 0 aliphatic rings. The van der Waals surface area contributed by atoms with Gasteiger partial charge in [0, 0.05) is 6.07 Å². The molecule has 0 aliphatic carbocycles. The maximum absolute atomic E-state index is 14.1. The third-order valence-electron chi connectivity index (χ3n) is 3.07. The summed E-state index contributed by atoms with van der Waals surface area (Å²) in [6.07, 6.45) is 1.31. The van der Waals surface area contributed by atoms with Crippen LogP contribution in [0, 0.1) is 0 Å². The Morgan fingerprint density at radius 3 is 2.62 bits per heavy atom. The highest BCUT2D eigenvalue weighted by Crippen LogP contribution is 2.25. The Labute approximate surface area is 126 Å². The average molecular weight is 314 g/mol. The molecule has 6 heteroatoms. The van der Waals surface area contributed by atoms with Crippen molar-refractivity contribution in [1.29, 1.82) is 0 Å². The van der Waals surface area contributed by atoms with Crippen molar-refractivity contribution in [1.82, 2.24) is 0 Å². The van der Waals surface area contributed by atoms with E-state index in [9.17, 15) is 9.18 Å². The first-order valence-corrected chi connectivity index (χ1v) is 10.0.